The highest BCUT2D eigenvalue weighted by atomic mass is 32.2. The topological polar surface area (TPSA) is 198 Å². The van der Waals surface area contributed by atoms with Crippen molar-refractivity contribution in [1.82, 2.24) is 29.0 Å². The quantitative estimate of drug-likeness (QED) is 0.368. The molecule has 13 nitrogen and oxygen atoms in total. The largest absolute Gasteiger partial charge is 0.466 e. The van der Waals surface area contributed by atoms with E-state index in [2.05, 4.69) is 26.1 Å². The van der Waals surface area contributed by atoms with E-state index in [9.17, 15) is 13.7 Å². The number of phosphoric acid groups is 1. The standard InChI is InChI=1S/C17H17N7O2S.H3O4P/c18-5-4-17(9-23(10-17)27(25,26)13-1-2-13)24-8-12(7-22-24)15-14-3-6-19-16(14)21-11-20-15;1-5(2,3)4/h3,6-8,11,13H,1-2,4,9-10H2,(H,19,20,21);(H3,1,2,3,4). The number of fused-ring (bicyclic) bond motifs is 1. The van der Waals surface area contributed by atoms with Gasteiger partial charge in [0.05, 0.1) is 29.6 Å². The monoisotopic (exact) mass is 481 g/mol. The summed E-state index contributed by atoms with van der Waals surface area (Å²) in [6, 6.07) is 4.09. The summed E-state index contributed by atoms with van der Waals surface area (Å²) >= 11 is 0. The van der Waals surface area contributed by atoms with Crippen LogP contribution in [0.4, 0.5) is 0 Å². The van der Waals surface area contributed by atoms with E-state index >= 15 is 0 Å². The maximum absolute atomic E-state index is 12.4. The van der Waals surface area contributed by atoms with Gasteiger partial charge in [0.15, 0.2) is 0 Å². The van der Waals surface area contributed by atoms with Crippen LogP contribution >= 0.6 is 7.82 Å². The van der Waals surface area contributed by atoms with Crippen molar-refractivity contribution in [3.63, 3.8) is 0 Å². The number of sulfonamides is 1. The Morgan fingerprint density at radius 1 is 1.28 bits per heavy atom. The molecule has 1 aliphatic heterocycles. The first-order valence-corrected chi connectivity index (χ1v) is 12.6. The Balaban J connectivity index is 0.000000444. The summed E-state index contributed by atoms with van der Waals surface area (Å²) in [5, 5.41) is 14.4. The van der Waals surface area contributed by atoms with Crippen molar-refractivity contribution in [3.8, 4) is 17.3 Å². The van der Waals surface area contributed by atoms with Crippen molar-refractivity contribution in [2.24, 2.45) is 0 Å². The van der Waals surface area contributed by atoms with Crippen LogP contribution in [-0.4, -0.2) is 70.5 Å². The van der Waals surface area contributed by atoms with Crippen LogP contribution in [0, 0.1) is 11.3 Å². The van der Waals surface area contributed by atoms with Gasteiger partial charge in [-0.25, -0.2) is 23.0 Å². The lowest BCUT2D eigenvalue weighted by molar-refractivity contribution is 0.0716. The van der Waals surface area contributed by atoms with Gasteiger partial charge in [0.1, 0.15) is 17.5 Å². The number of H-pyrrole nitrogens is 1. The van der Waals surface area contributed by atoms with Gasteiger partial charge in [-0.3, -0.25) is 4.68 Å². The fraction of sp³-hybridized carbons (Fsp3) is 0.412. The Morgan fingerprint density at radius 2 is 1.97 bits per heavy atom. The van der Waals surface area contributed by atoms with E-state index < -0.39 is 23.4 Å². The molecule has 0 amide bonds. The first-order chi connectivity index (χ1) is 15.0. The molecule has 0 aromatic carbocycles. The van der Waals surface area contributed by atoms with Crippen molar-refractivity contribution in [2.45, 2.75) is 30.1 Å². The third kappa shape index (κ3) is 4.44. The molecule has 4 N–H and O–H groups in total. The van der Waals surface area contributed by atoms with Crippen LogP contribution in [0.3, 0.4) is 0 Å². The Kier molecular flexibility index (Phi) is 5.66. The summed E-state index contributed by atoms with van der Waals surface area (Å²) < 4.78 is 37.0. The van der Waals surface area contributed by atoms with Crippen LogP contribution in [0.1, 0.15) is 19.3 Å². The van der Waals surface area contributed by atoms with Gasteiger partial charge in [-0.2, -0.15) is 14.7 Å². The molecule has 1 aliphatic carbocycles. The van der Waals surface area contributed by atoms with Gasteiger partial charge < -0.3 is 19.7 Å². The van der Waals surface area contributed by atoms with Gasteiger partial charge in [0, 0.05) is 36.4 Å². The fourth-order valence-electron chi connectivity index (χ4n) is 3.66. The smallest absolute Gasteiger partial charge is 0.346 e. The SMILES string of the molecule is N#CCC1(n2cc(-c3ncnc4[nH]ccc34)cn2)CN(S(=O)(=O)C2CC2)C1.O=P(O)(O)O. The minimum atomic E-state index is -4.64. The highest BCUT2D eigenvalue weighted by Crippen LogP contribution is 2.40. The molecule has 2 aliphatic rings. The van der Waals surface area contributed by atoms with Crippen LogP contribution in [0.25, 0.3) is 22.3 Å². The van der Waals surface area contributed by atoms with Crippen molar-refractivity contribution >= 4 is 28.9 Å². The average Bonchev–Trinajstić information content (AvgIpc) is 3.24. The summed E-state index contributed by atoms with van der Waals surface area (Å²) in [6.45, 7) is 0.563. The predicted molar refractivity (Wildman–Crippen MR) is 111 cm³/mol. The molecule has 15 heteroatoms. The van der Waals surface area contributed by atoms with E-state index in [1.165, 1.54) is 10.6 Å². The zero-order valence-electron chi connectivity index (χ0n) is 16.6. The summed E-state index contributed by atoms with van der Waals surface area (Å²) in [7, 11) is -7.87. The lowest BCUT2D eigenvalue weighted by Crippen LogP contribution is -2.64. The zero-order valence-corrected chi connectivity index (χ0v) is 18.3. The molecular formula is C17H20N7O6PS. The number of nitrogens with zero attached hydrogens (tertiary/aromatic N) is 6. The van der Waals surface area contributed by atoms with E-state index in [1.807, 2.05) is 12.3 Å². The van der Waals surface area contributed by atoms with Crippen molar-refractivity contribution < 1.29 is 27.7 Å². The van der Waals surface area contributed by atoms with E-state index in [0.717, 1.165) is 35.1 Å². The molecule has 0 spiro atoms. The third-order valence-electron chi connectivity index (χ3n) is 5.35. The molecular weight excluding hydrogens is 461 g/mol. The lowest BCUT2D eigenvalue weighted by Gasteiger charge is -2.48. The number of nitrogens with one attached hydrogen (secondary N) is 1. The van der Waals surface area contributed by atoms with Gasteiger partial charge in [-0.05, 0) is 18.9 Å². The van der Waals surface area contributed by atoms with Crippen LogP contribution in [0.5, 0.6) is 0 Å². The molecule has 5 rings (SSSR count). The molecule has 3 aromatic rings. The minimum absolute atomic E-state index is 0.203. The summed E-state index contributed by atoms with van der Waals surface area (Å²) in [5.74, 6) is 0. The van der Waals surface area contributed by atoms with Crippen LogP contribution in [0.2, 0.25) is 0 Å². The minimum Gasteiger partial charge on any atom is -0.346 e. The summed E-state index contributed by atoms with van der Waals surface area (Å²) in [4.78, 5) is 33.2. The summed E-state index contributed by atoms with van der Waals surface area (Å²) in [6.07, 6.45) is 8.50. The van der Waals surface area contributed by atoms with Crippen molar-refractivity contribution in [3.05, 3.63) is 31.0 Å². The molecule has 2 fully saturated rings. The van der Waals surface area contributed by atoms with E-state index in [4.69, 9.17) is 19.2 Å². The Bertz CT molecular complexity index is 1320. The molecule has 32 heavy (non-hydrogen) atoms. The number of hydrogen-bond acceptors (Lipinski definition) is 7. The second-order valence-electron chi connectivity index (χ2n) is 7.72. The molecule has 0 atom stereocenters. The molecule has 4 heterocycles. The maximum atomic E-state index is 12.4. The van der Waals surface area contributed by atoms with Gasteiger partial charge in [-0.15, -0.1) is 0 Å². The average molecular weight is 481 g/mol. The molecule has 3 aromatic heterocycles. The molecule has 1 saturated heterocycles. The molecule has 0 bridgehead atoms. The molecule has 170 valence electrons. The fourth-order valence-corrected chi connectivity index (χ4v) is 5.65. The van der Waals surface area contributed by atoms with E-state index in [0.29, 0.717) is 0 Å². The van der Waals surface area contributed by atoms with Gasteiger partial charge in [0.2, 0.25) is 10.0 Å². The van der Waals surface area contributed by atoms with Crippen LogP contribution in [-0.2, 0) is 20.1 Å². The highest BCUT2D eigenvalue weighted by molar-refractivity contribution is 7.90. The molecule has 0 radical (unpaired) electrons. The lowest BCUT2D eigenvalue weighted by atomic mass is 9.89. The first-order valence-electron chi connectivity index (χ1n) is 9.51. The number of hydrogen-bond donors (Lipinski definition) is 4. The van der Waals surface area contributed by atoms with Gasteiger partial charge >= 0.3 is 7.82 Å². The number of nitriles is 1. The van der Waals surface area contributed by atoms with Crippen molar-refractivity contribution in [1.29, 1.82) is 5.26 Å². The second-order valence-corrected chi connectivity index (χ2v) is 11.0. The summed E-state index contributed by atoms with van der Waals surface area (Å²) in [5.41, 5.74) is 1.67. The Labute approximate surface area is 182 Å². The number of aromatic nitrogens is 5. The number of aromatic amines is 1. The Hall–Kier alpha value is -2.66. The highest BCUT2D eigenvalue weighted by Gasteiger charge is 2.53. The maximum Gasteiger partial charge on any atom is 0.466 e. The van der Waals surface area contributed by atoms with Gasteiger partial charge in [0.25, 0.3) is 0 Å². The zero-order chi connectivity index (χ0) is 23.1. The molecule has 0 unspecified atom stereocenters. The molecule has 1 saturated carbocycles. The van der Waals surface area contributed by atoms with Crippen LogP contribution in [0.15, 0.2) is 31.0 Å². The third-order valence-corrected chi connectivity index (χ3v) is 7.64. The number of rotatable bonds is 5. The van der Waals surface area contributed by atoms with E-state index in [1.54, 1.807) is 17.1 Å². The predicted octanol–water partition coefficient (Wildman–Crippen LogP) is 0.310. The van der Waals surface area contributed by atoms with E-state index in [-0.39, 0.29) is 24.8 Å². The first kappa shape index (κ1) is 22.5. The second kappa shape index (κ2) is 8.04. The normalized spacial score (nSPS) is 18.4. The van der Waals surface area contributed by atoms with Crippen LogP contribution < -0.4 is 0 Å². The Morgan fingerprint density at radius 3 is 2.59 bits per heavy atom. The van der Waals surface area contributed by atoms with Crippen molar-refractivity contribution in [2.75, 3.05) is 13.1 Å². The van der Waals surface area contributed by atoms with Gasteiger partial charge in [-0.1, -0.05) is 0 Å².